The van der Waals surface area contributed by atoms with E-state index in [-0.39, 0.29) is 0 Å². The Bertz CT molecular complexity index is 295. The van der Waals surface area contributed by atoms with Gasteiger partial charge in [0.15, 0.2) is 0 Å². The highest BCUT2D eigenvalue weighted by Gasteiger charge is 2.48. The van der Waals surface area contributed by atoms with E-state index in [2.05, 4.69) is 31.1 Å². The van der Waals surface area contributed by atoms with E-state index in [1.807, 2.05) is 0 Å². The monoisotopic (exact) mass is 295 g/mol. The van der Waals surface area contributed by atoms with E-state index >= 15 is 0 Å². The van der Waals surface area contributed by atoms with E-state index in [0.29, 0.717) is 11.6 Å². The van der Waals surface area contributed by atoms with Crippen LogP contribution in [0.25, 0.3) is 0 Å². The highest BCUT2D eigenvalue weighted by molar-refractivity contribution is 5.05. The molecule has 3 heteroatoms. The van der Waals surface area contributed by atoms with Gasteiger partial charge in [0.05, 0.1) is 0 Å². The number of hydrogen-bond donors (Lipinski definition) is 2. The predicted molar refractivity (Wildman–Crippen MR) is 91.0 cm³/mol. The van der Waals surface area contributed by atoms with Crippen molar-refractivity contribution in [1.29, 1.82) is 0 Å². The first-order chi connectivity index (χ1) is 10.2. The first-order valence-corrected chi connectivity index (χ1v) is 9.43. The number of hydrogen-bond acceptors (Lipinski definition) is 3. The molecule has 0 aromatic carbocycles. The van der Waals surface area contributed by atoms with Gasteiger partial charge in [-0.3, -0.25) is 16.2 Å². The van der Waals surface area contributed by atoms with Crippen molar-refractivity contribution in [2.24, 2.45) is 17.7 Å². The SMILES string of the molecule is CCC1CCCC(C(NN)C2(N(CC)CC)CCCC2)C1. The molecule has 0 aromatic rings. The van der Waals surface area contributed by atoms with E-state index in [9.17, 15) is 0 Å². The van der Waals surface area contributed by atoms with Crippen molar-refractivity contribution < 1.29 is 0 Å². The minimum atomic E-state index is 0.318. The molecule has 0 spiro atoms. The Labute approximate surface area is 132 Å². The molecule has 3 atom stereocenters. The van der Waals surface area contributed by atoms with E-state index in [4.69, 9.17) is 5.84 Å². The quantitative estimate of drug-likeness (QED) is 0.556. The first-order valence-electron chi connectivity index (χ1n) is 9.43. The van der Waals surface area contributed by atoms with E-state index in [0.717, 1.165) is 24.9 Å². The molecule has 0 amide bonds. The molecule has 3 unspecified atom stereocenters. The average Bonchev–Trinajstić information content (AvgIpc) is 3.00. The van der Waals surface area contributed by atoms with Gasteiger partial charge < -0.3 is 0 Å². The molecule has 2 aliphatic rings. The molecule has 0 saturated heterocycles. The molecule has 0 heterocycles. The lowest BCUT2D eigenvalue weighted by Gasteiger charge is -2.50. The lowest BCUT2D eigenvalue weighted by Crippen LogP contribution is -2.64. The second-order valence-electron chi connectivity index (χ2n) is 7.33. The molecule has 2 rings (SSSR count). The van der Waals surface area contributed by atoms with E-state index in [1.54, 1.807) is 0 Å². The van der Waals surface area contributed by atoms with Crippen LogP contribution < -0.4 is 11.3 Å². The Morgan fingerprint density at radius 1 is 1.10 bits per heavy atom. The average molecular weight is 296 g/mol. The highest BCUT2D eigenvalue weighted by atomic mass is 15.3. The summed E-state index contributed by atoms with van der Waals surface area (Å²) in [5, 5.41) is 0. The molecule has 2 fully saturated rings. The number of nitrogens with one attached hydrogen (secondary N) is 1. The normalized spacial score (nSPS) is 30.7. The van der Waals surface area contributed by atoms with Gasteiger partial charge in [-0.1, -0.05) is 52.9 Å². The molecule has 3 N–H and O–H groups in total. The second kappa shape index (κ2) is 7.94. The zero-order chi connectivity index (χ0) is 15.3. The third kappa shape index (κ3) is 3.46. The maximum atomic E-state index is 6.13. The highest BCUT2D eigenvalue weighted by Crippen LogP contribution is 2.44. The maximum Gasteiger partial charge on any atom is 0.0423 e. The van der Waals surface area contributed by atoms with Crippen LogP contribution in [0.3, 0.4) is 0 Å². The largest absolute Gasteiger partial charge is 0.297 e. The fraction of sp³-hybridized carbons (Fsp3) is 1.00. The summed E-state index contributed by atoms with van der Waals surface area (Å²) in [7, 11) is 0. The summed E-state index contributed by atoms with van der Waals surface area (Å²) >= 11 is 0. The Morgan fingerprint density at radius 2 is 1.76 bits per heavy atom. The molecule has 0 aliphatic heterocycles. The summed E-state index contributed by atoms with van der Waals surface area (Å²) in [5.41, 5.74) is 3.62. The summed E-state index contributed by atoms with van der Waals surface area (Å²) in [5.74, 6) is 7.82. The number of rotatable bonds is 7. The van der Waals surface area contributed by atoms with Crippen molar-refractivity contribution in [3.8, 4) is 0 Å². The molecule has 21 heavy (non-hydrogen) atoms. The first kappa shape index (κ1) is 17.2. The molecule has 3 nitrogen and oxygen atoms in total. The number of hydrazine groups is 1. The van der Waals surface area contributed by atoms with Gasteiger partial charge in [-0.15, -0.1) is 0 Å². The minimum Gasteiger partial charge on any atom is -0.297 e. The van der Waals surface area contributed by atoms with Crippen molar-refractivity contribution in [3.63, 3.8) is 0 Å². The van der Waals surface area contributed by atoms with Gasteiger partial charge in [0, 0.05) is 11.6 Å². The van der Waals surface area contributed by atoms with Crippen LogP contribution in [0.2, 0.25) is 0 Å². The standard InChI is InChI=1S/C18H37N3/c1-4-15-10-9-11-16(14-15)17(20-19)18(12-7-8-13-18)21(5-2)6-3/h15-17,20H,4-14,19H2,1-3H3. The molecule has 2 saturated carbocycles. The number of nitrogens with two attached hydrogens (primary N) is 1. The molecule has 0 aromatic heterocycles. The summed E-state index contributed by atoms with van der Waals surface area (Å²) in [4.78, 5) is 2.71. The van der Waals surface area contributed by atoms with Gasteiger partial charge in [-0.25, -0.2) is 0 Å². The lowest BCUT2D eigenvalue weighted by molar-refractivity contribution is 0.0239. The van der Waals surface area contributed by atoms with Gasteiger partial charge in [0.25, 0.3) is 0 Å². The van der Waals surface area contributed by atoms with Gasteiger partial charge in [0.2, 0.25) is 0 Å². The third-order valence-corrected chi connectivity index (χ3v) is 6.49. The van der Waals surface area contributed by atoms with Gasteiger partial charge >= 0.3 is 0 Å². The van der Waals surface area contributed by atoms with Crippen LogP contribution in [0.5, 0.6) is 0 Å². The predicted octanol–water partition coefficient (Wildman–Crippen LogP) is 3.69. The van der Waals surface area contributed by atoms with Gasteiger partial charge in [-0.05, 0) is 50.6 Å². The van der Waals surface area contributed by atoms with Crippen molar-refractivity contribution in [3.05, 3.63) is 0 Å². The smallest absolute Gasteiger partial charge is 0.0423 e. The summed E-state index contributed by atoms with van der Waals surface area (Å²) in [6, 6.07) is 0.481. The number of likely N-dealkylation sites (N-methyl/N-ethyl adjacent to an activating group) is 1. The van der Waals surface area contributed by atoms with Crippen LogP contribution >= 0.6 is 0 Å². The molecular formula is C18H37N3. The molecular weight excluding hydrogens is 258 g/mol. The Morgan fingerprint density at radius 3 is 2.29 bits per heavy atom. The maximum absolute atomic E-state index is 6.13. The van der Waals surface area contributed by atoms with Crippen LogP contribution in [-0.2, 0) is 0 Å². The topological polar surface area (TPSA) is 41.3 Å². The lowest BCUT2D eigenvalue weighted by atomic mass is 9.70. The summed E-state index contributed by atoms with van der Waals surface area (Å²) in [6.45, 7) is 9.28. The molecule has 124 valence electrons. The Balaban J connectivity index is 2.19. The fourth-order valence-corrected chi connectivity index (χ4v) is 5.40. The van der Waals surface area contributed by atoms with Crippen molar-refractivity contribution in [2.75, 3.05) is 13.1 Å². The molecule has 2 aliphatic carbocycles. The zero-order valence-corrected chi connectivity index (χ0v) is 14.5. The third-order valence-electron chi connectivity index (χ3n) is 6.49. The molecule has 0 bridgehead atoms. The van der Waals surface area contributed by atoms with E-state index < -0.39 is 0 Å². The van der Waals surface area contributed by atoms with Crippen LogP contribution in [-0.4, -0.2) is 29.6 Å². The van der Waals surface area contributed by atoms with Crippen molar-refractivity contribution in [2.45, 2.75) is 90.1 Å². The fourth-order valence-electron chi connectivity index (χ4n) is 5.40. The summed E-state index contributed by atoms with van der Waals surface area (Å²) in [6.07, 6.45) is 12.3. The Hall–Kier alpha value is -0.120. The van der Waals surface area contributed by atoms with Crippen LogP contribution in [0, 0.1) is 11.8 Å². The van der Waals surface area contributed by atoms with Crippen LogP contribution in [0.4, 0.5) is 0 Å². The summed E-state index contributed by atoms with van der Waals surface area (Å²) < 4.78 is 0. The van der Waals surface area contributed by atoms with Gasteiger partial charge in [-0.2, -0.15) is 0 Å². The molecule has 0 radical (unpaired) electrons. The zero-order valence-electron chi connectivity index (χ0n) is 14.5. The van der Waals surface area contributed by atoms with E-state index in [1.165, 1.54) is 57.8 Å². The second-order valence-corrected chi connectivity index (χ2v) is 7.33. The Kier molecular flexibility index (Phi) is 6.51. The van der Waals surface area contributed by atoms with Gasteiger partial charge in [0.1, 0.15) is 0 Å². The minimum absolute atomic E-state index is 0.318. The van der Waals surface area contributed by atoms with Crippen molar-refractivity contribution in [1.82, 2.24) is 10.3 Å². The number of nitrogens with zero attached hydrogens (tertiary/aromatic N) is 1. The van der Waals surface area contributed by atoms with Crippen LogP contribution in [0.15, 0.2) is 0 Å². The van der Waals surface area contributed by atoms with Crippen LogP contribution in [0.1, 0.15) is 78.6 Å². The van der Waals surface area contributed by atoms with Crippen molar-refractivity contribution >= 4 is 0 Å².